The average Bonchev–Trinajstić information content (AvgIpc) is 2.25. The fraction of sp³-hybridized carbons (Fsp3) is 0.417. The summed E-state index contributed by atoms with van der Waals surface area (Å²) in [6.07, 6.45) is -0.352. The minimum absolute atomic E-state index is 0.0122. The molecule has 16 heavy (non-hydrogen) atoms. The first-order chi connectivity index (χ1) is 7.72. The number of carbonyl (C=O) groups is 1. The highest BCUT2D eigenvalue weighted by molar-refractivity contribution is 6.00. The minimum atomic E-state index is -0.352. The number of para-hydroxylation sites is 1. The summed E-state index contributed by atoms with van der Waals surface area (Å²) < 4.78 is 0. The van der Waals surface area contributed by atoms with Crippen molar-refractivity contribution in [1.29, 1.82) is 0 Å². The van der Waals surface area contributed by atoms with Crippen LogP contribution in [0.4, 0.5) is 5.69 Å². The third kappa shape index (κ3) is 2.02. The largest absolute Gasteiger partial charge is 0.389 e. The maximum Gasteiger partial charge on any atom is 0.256 e. The van der Waals surface area contributed by atoms with Crippen LogP contribution in [0.2, 0.25) is 0 Å². The fourth-order valence-electron chi connectivity index (χ4n) is 1.81. The third-order valence-electron chi connectivity index (χ3n) is 2.67. The van der Waals surface area contributed by atoms with Crippen LogP contribution in [-0.2, 0) is 0 Å². The van der Waals surface area contributed by atoms with E-state index in [1.807, 2.05) is 31.2 Å². The van der Waals surface area contributed by atoms with Crippen LogP contribution in [0.5, 0.6) is 0 Å². The number of hydrogen-bond donors (Lipinski definition) is 2. The SMILES string of the molecule is CCNc1ccccc1C(=O)N1CC(O)C1. The van der Waals surface area contributed by atoms with Crippen LogP contribution in [0.25, 0.3) is 0 Å². The van der Waals surface area contributed by atoms with Gasteiger partial charge in [0.2, 0.25) is 0 Å². The minimum Gasteiger partial charge on any atom is -0.389 e. The van der Waals surface area contributed by atoms with Gasteiger partial charge < -0.3 is 15.3 Å². The Bertz CT molecular complexity index is 386. The molecule has 1 heterocycles. The standard InChI is InChI=1S/C12H16N2O2/c1-2-13-11-6-4-3-5-10(11)12(16)14-7-9(15)8-14/h3-6,9,13,15H,2,7-8H2,1H3. The zero-order valence-electron chi connectivity index (χ0n) is 9.31. The molecule has 0 spiro atoms. The Morgan fingerprint density at radius 1 is 1.50 bits per heavy atom. The number of anilines is 1. The number of hydrogen-bond acceptors (Lipinski definition) is 3. The van der Waals surface area contributed by atoms with Crippen molar-refractivity contribution in [2.75, 3.05) is 25.0 Å². The predicted molar refractivity (Wildman–Crippen MR) is 62.5 cm³/mol. The lowest BCUT2D eigenvalue weighted by Gasteiger charge is -2.36. The van der Waals surface area contributed by atoms with Gasteiger partial charge in [-0.1, -0.05) is 12.1 Å². The van der Waals surface area contributed by atoms with Gasteiger partial charge in [-0.15, -0.1) is 0 Å². The smallest absolute Gasteiger partial charge is 0.256 e. The number of nitrogens with zero attached hydrogens (tertiary/aromatic N) is 1. The number of likely N-dealkylation sites (tertiary alicyclic amines) is 1. The van der Waals surface area contributed by atoms with Crippen molar-refractivity contribution in [3.05, 3.63) is 29.8 Å². The van der Waals surface area contributed by atoms with E-state index in [0.717, 1.165) is 12.2 Å². The maximum atomic E-state index is 12.0. The van der Waals surface area contributed by atoms with E-state index in [1.165, 1.54) is 0 Å². The summed E-state index contributed by atoms with van der Waals surface area (Å²) in [5.41, 5.74) is 1.53. The molecule has 0 atom stereocenters. The number of rotatable bonds is 3. The number of aliphatic hydroxyl groups is 1. The quantitative estimate of drug-likeness (QED) is 0.797. The first-order valence-corrected chi connectivity index (χ1v) is 5.52. The molecule has 0 saturated carbocycles. The van der Waals surface area contributed by atoms with Crippen molar-refractivity contribution >= 4 is 11.6 Å². The van der Waals surface area contributed by atoms with Gasteiger partial charge in [-0.3, -0.25) is 4.79 Å². The number of β-amino-alcohol motifs (C(OH)–C–C–N with tert-alkyl or cyclic N) is 1. The van der Waals surface area contributed by atoms with Gasteiger partial charge in [0, 0.05) is 25.3 Å². The third-order valence-corrected chi connectivity index (χ3v) is 2.67. The fourth-order valence-corrected chi connectivity index (χ4v) is 1.81. The molecule has 1 amide bonds. The van der Waals surface area contributed by atoms with Crippen LogP contribution in [-0.4, -0.2) is 41.7 Å². The lowest BCUT2D eigenvalue weighted by Crippen LogP contribution is -2.53. The van der Waals surface area contributed by atoms with E-state index in [0.29, 0.717) is 18.7 Å². The second kappa shape index (κ2) is 4.53. The van der Waals surface area contributed by atoms with E-state index >= 15 is 0 Å². The first kappa shape index (κ1) is 11.0. The van der Waals surface area contributed by atoms with E-state index in [1.54, 1.807) is 4.90 Å². The molecule has 0 aromatic heterocycles. The lowest BCUT2D eigenvalue weighted by molar-refractivity contribution is 0.00596. The summed E-state index contributed by atoms with van der Waals surface area (Å²) in [7, 11) is 0. The molecule has 0 radical (unpaired) electrons. The summed E-state index contributed by atoms with van der Waals surface area (Å²) in [5.74, 6) is -0.0122. The normalized spacial score (nSPS) is 15.8. The predicted octanol–water partition coefficient (Wildman–Crippen LogP) is 0.935. The van der Waals surface area contributed by atoms with Crippen LogP contribution >= 0.6 is 0 Å². The highest BCUT2D eigenvalue weighted by Crippen LogP contribution is 2.20. The van der Waals surface area contributed by atoms with Crippen LogP contribution < -0.4 is 5.32 Å². The van der Waals surface area contributed by atoms with Crippen molar-refractivity contribution in [2.45, 2.75) is 13.0 Å². The molecule has 1 aromatic carbocycles. The molecule has 1 aliphatic rings. The highest BCUT2D eigenvalue weighted by atomic mass is 16.3. The molecule has 0 aliphatic carbocycles. The molecule has 1 aromatic rings. The molecule has 86 valence electrons. The zero-order chi connectivity index (χ0) is 11.5. The molecular weight excluding hydrogens is 204 g/mol. The summed E-state index contributed by atoms with van der Waals surface area (Å²) in [5, 5.41) is 12.3. The van der Waals surface area contributed by atoms with Gasteiger partial charge in [0.15, 0.2) is 0 Å². The Morgan fingerprint density at radius 3 is 2.81 bits per heavy atom. The molecule has 2 rings (SSSR count). The van der Waals surface area contributed by atoms with Crippen LogP contribution in [0.1, 0.15) is 17.3 Å². The van der Waals surface area contributed by atoms with E-state index in [4.69, 9.17) is 0 Å². The van der Waals surface area contributed by atoms with Crippen LogP contribution in [0.3, 0.4) is 0 Å². The van der Waals surface area contributed by atoms with Gasteiger partial charge in [0.1, 0.15) is 0 Å². The van der Waals surface area contributed by atoms with Gasteiger partial charge in [0.25, 0.3) is 5.91 Å². The highest BCUT2D eigenvalue weighted by Gasteiger charge is 2.30. The number of nitrogens with one attached hydrogen (secondary N) is 1. The number of benzene rings is 1. The molecule has 1 aliphatic heterocycles. The Kier molecular flexibility index (Phi) is 3.10. The summed E-state index contributed by atoms with van der Waals surface area (Å²) in [6.45, 7) is 3.67. The molecule has 0 unspecified atom stereocenters. The van der Waals surface area contributed by atoms with Crippen molar-refractivity contribution in [3.8, 4) is 0 Å². The molecule has 1 saturated heterocycles. The van der Waals surface area contributed by atoms with Crippen LogP contribution in [0.15, 0.2) is 24.3 Å². The van der Waals surface area contributed by atoms with E-state index in [9.17, 15) is 9.90 Å². The van der Waals surface area contributed by atoms with Gasteiger partial charge in [-0.2, -0.15) is 0 Å². The molecule has 4 heteroatoms. The van der Waals surface area contributed by atoms with Crippen molar-refractivity contribution in [3.63, 3.8) is 0 Å². The second-order valence-electron chi connectivity index (χ2n) is 3.94. The van der Waals surface area contributed by atoms with Gasteiger partial charge >= 0.3 is 0 Å². The zero-order valence-corrected chi connectivity index (χ0v) is 9.31. The molecular formula is C12H16N2O2. The van der Waals surface area contributed by atoms with Crippen molar-refractivity contribution in [1.82, 2.24) is 4.90 Å². The molecule has 0 bridgehead atoms. The van der Waals surface area contributed by atoms with Crippen LogP contribution in [0, 0.1) is 0 Å². The average molecular weight is 220 g/mol. The lowest BCUT2D eigenvalue weighted by atomic mass is 10.1. The Hall–Kier alpha value is -1.55. The first-order valence-electron chi connectivity index (χ1n) is 5.52. The molecule has 2 N–H and O–H groups in total. The Labute approximate surface area is 94.9 Å². The Morgan fingerprint density at radius 2 is 2.19 bits per heavy atom. The molecule has 4 nitrogen and oxygen atoms in total. The number of amides is 1. The number of aliphatic hydroxyl groups excluding tert-OH is 1. The van der Waals surface area contributed by atoms with E-state index in [2.05, 4.69) is 5.32 Å². The van der Waals surface area contributed by atoms with E-state index < -0.39 is 0 Å². The summed E-state index contributed by atoms with van der Waals surface area (Å²) in [4.78, 5) is 13.7. The van der Waals surface area contributed by atoms with Gasteiger partial charge in [-0.05, 0) is 19.1 Å². The number of carbonyl (C=O) groups excluding carboxylic acids is 1. The van der Waals surface area contributed by atoms with Gasteiger partial charge in [0.05, 0.1) is 11.7 Å². The van der Waals surface area contributed by atoms with Crippen molar-refractivity contribution in [2.24, 2.45) is 0 Å². The van der Waals surface area contributed by atoms with Gasteiger partial charge in [-0.25, -0.2) is 0 Å². The summed E-state index contributed by atoms with van der Waals surface area (Å²) >= 11 is 0. The molecule has 1 fully saturated rings. The van der Waals surface area contributed by atoms with E-state index in [-0.39, 0.29) is 12.0 Å². The second-order valence-corrected chi connectivity index (χ2v) is 3.94. The Balaban J connectivity index is 2.16. The monoisotopic (exact) mass is 220 g/mol. The topological polar surface area (TPSA) is 52.6 Å². The maximum absolute atomic E-state index is 12.0. The van der Waals surface area contributed by atoms with Crippen molar-refractivity contribution < 1.29 is 9.90 Å². The summed E-state index contributed by atoms with van der Waals surface area (Å²) in [6, 6.07) is 7.46.